The molecule has 0 aliphatic rings. The van der Waals surface area contributed by atoms with Gasteiger partial charge in [-0.1, -0.05) is 0 Å². The Hall–Kier alpha value is -2.97. The molecule has 0 saturated carbocycles. The third kappa shape index (κ3) is 3.66. The van der Waals surface area contributed by atoms with Crippen LogP contribution in [-0.2, 0) is 10.0 Å². The average Bonchev–Trinajstić information content (AvgIpc) is 3.17. The largest absolute Gasteiger partial charge is 0.322 e. The standard InChI is InChI=1S/C18H18N4O3S/c1-21(2)26(24,25)17-10-6-15(7-11-17)20-18(23)14-4-8-16(9-5-14)22-13-3-12-19-22/h3-13H,1-2H3,(H,20,23). The van der Waals surface area contributed by atoms with Gasteiger partial charge in [-0.2, -0.15) is 5.10 Å². The highest BCUT2D eigenvalue weighted by Crippen LogP contribution is 2.17. The first-order chi connectivity index (χ1) is 12.4. The predicted octanol–water partition coefficient (Wildman–Crippen LogP) is 2.37. The van der Waals surface area contributed by atoms with Gasteiger partial charge in [0.25, 0.3) is 5.91 Å². The monoisotopic (exact) mass is 370 g/mol. The van der Waals surface area contributed by atoms with E-state index < -0.39 is 10.0 Å². The summed E-state index contributed by atoms with van der Waals surface area (Å²) in [7, 11) is -0.548. The Morgan fingerprint density at radius 2 is 1.69 bits per heavy atom. The molecule has 0 radical (unpaired) electrons. The van der Waals surface area contributed by atoms with Gasteiger partial charge in [0.15, 0.2) is 0 Å². The summed E-state index contributed by atoms with van der Waals surface area (Å²) in [6.45, 7) is 0. The van der Waals surface area contributed by atoms with E-state index in [1.807, 2.05) is 12.3 Å². The molecule has 3 aromatic rings. The zero-order chi connectivity index (χ0) is 18.7. The van der Waals surface area contributed by atoms with Crippen LogP contribution in [0.5, 0.6) is 0 Å². The van der Waals surface area contributed by atoms with E-state index in [2.05, 4.69) is 10.4 Å². The van der Waals surface area contributed by atoms with Crippen molar-refractivity contribution in [2.45, 2.75) is 4.90 Å². The first-order valence-corrected chi connectivity index (χ1v) is 9.26. The van der Waals surface area contributed by atoms with Gasteiger partial charge in [0, 0.05) is 37.7 Å². The SMILES string of the molecule is CN(C)S(=O)(=O)c1ccc(NC(=O)c2ccc(-n3cccn3)cc2)cc1. The Labute approximate surface area is 151 Å². The molecule has 134 valence electrons. The summed E-state index contributed by atoms with van der Waals surface area (Å²) in [6.07, 6.45) is 3.50. The molecule has 0 spiro atoms. The molecule has 0 unspecified atom stereocenters. The van der Waals surface area contributed by atoms with Crippen LogP contribution in [0.1, 0.15) is 10.4 Å². The maximum atomic E-state index is 12.3. The van der Waals surface area contributed by atoms with E-state index in [0.29, 0.717) is 11.3 Å². The number of rotatable bonds is 5. The minimum absolute atomic E-state index is 0.170. The second-order valence-electron chi connectivity index (χ2n) is 5.76. The molecule has 1 N–H and O–H groups in total. The van der Waals surface area contributed by atoms with Crippen LogP contribution in [0.15, 0.2) is 71.9 Å². The molecule has 1 amide bonds. The topological polar surface area (TPSA) is 84.3 Å². The number of sulfonamides is 1. The maximum Gasteiger partial charge on any atom is 0.255 e. The minimum Gasteiger partial charge on any atom is -0.322 e. The van der Waals surface area contributed by atoms with Crippen molar-refractivity contribution in [2.24, 2.45) is 0 Å². The fourth-order valence-electron chi connectivity index (χ4n) is 2.31. The van der Waals surface area contributed by atoms with Gasteiger partial charge in [0.2, 0.25) is 10.0 Å². The summed E-state index contributed by atoms with van der Waals surface area (Å²) >= 11 is 0. The molecule has 0 atom stereocenters. The number of hydrogen-bond acceptors (Lipinski definition) is 4. The van der Waals surface area contributed by atoms with Crippen molar-refractivity contribution >= 4 is 21.6 Å². The molecular formula is C18H18N4O3S. The lowest BCUT2D eigenvalue weighted by Gasteiger charge is -2.12. The van der Waals surface area contributed by atoms with Crippen molar-refractivity contribution in [2.75, 3.05) is 19.4 Å². The molecule has 3 rings (SSSR count). The highest BCUT2D eigenvalue weighted by Gasteiger charge is 2.16. The van der Waals surface area contributed by atoms with Crippen LogP contribution in [0.2, 0.25) is 0 Å². The molecule has 0 bridgehead atoms. The predicted molar refractivity (Wildman–Crippen MR) is 98.8 cm³/mol. The highest BCUT2D eigenvalue weighted by atomic mass is 32.2. The van der Waals surface area contributed by atoms with E-state index in [-0.39, 0.29) is 10.8 Å². The van der Waals surface area contributed by atoms with Crippen LogP contribution in [0.25, 0.3) is 5.69 Å². The number of benzene rings is 2. The van der Waals surface area contributed by atoms with Gasteiger partial charge in [-0.05, 0) is 54.6 Å². The Bertz CT molecular complexity index is 994. The number of hydrogen-bond donors (Lipinski definition) is 1. The molecule has 7 nitrogen and oxygen atoms in total. The third-order valence-corrected chi connectivity index (χ3v) is 5.62. The summed E-state index contributed by atoms with van der Waals surface area (Å²) in [5.41, 5.74) is 1.86. The van der Waals surface area contributed by atoms with E-state index >= 15 is 0 Å². The van der Waals surface area contributed by atoms with Gasteiger partial charge in [-0.15, -0.1) is 0 Å². The van der Waals surface area contributed by atoms with Gasteiger partial charge in [0.1, 0.15) is 0 Å². The number of aromatic nitrogens is 2. The fraction of sp³-hybridized carbons (Fsp3) is 0.111. The molecule has 0 saturated heterocycles. The normalized spacial score (nSPS) is 11.5. The van der Waals surface area contributed by atoms with Crippen LogP contribution in [0.4, 0.5) is 5.69 Å². The quantitative estimate of drug-likeness (QED) is 0.747. The lowest BCUT2D eigenvalue weighted by Crippen LogP contribution is -2.22. The van der Waals surface area contributed by atoms with Crippen molar-refractivity contribution in [1.29, 1.82) is 0 Å². The number of nitrogens with zero attached hydrogens (tertiary/aromatic N) is 3. The Kier molecular flexibility index (Phi) is 4.88. The lowest BCUT2D eigenvalue weighted by molar-refractivity contribution is 0.102. The van der Waals surface area contributed by atoms with Gasteiger partial charge < -0.3 is 5.32 Å². The molecule has 2 aromatic carbocycles. The van der Waals surface area contributed by atoms with Gasteiger partial charge in [-0.25, -0.2) is 17.4 Å². The minimum atomic E-state index is -3.49. The first-order valence-electron chi connectivity index (χ1n) is 7.82. The fourth-order valence-corrected chi connectivity index (χ4v) is 3.21. The average molecular weight is 370 g/mol. The van der Waals surface area contributed by atoms with E-state index in [0.717, 1.165) is 9.99 Å². The van der Waals surface area contributed by atoms with Crippen molar-refractivity contribution in [3.05, 3.63) is 72.6 Å². The molecule has 0 aliphatic carbocycles. The Morgan fingerprint density at radius 1 is 1.04 bits per heavy atom. The first kappa shape index (κ1) is 17.8. The van der Waals surface area contributed by atoms with Crippen molar-refractivity contribution < 1.29 is 13.2 Å². The van der Waals surface area contributed by atoms with Gasteiger partial charge in [-0.3, -0.25) is 4.79 Å². The molecule has 0 aliphatic heterocycles. The molecule has 1 heterocycles. The summed E-state index contributed by atoms with van der Waals surface area (Å²) in [5, 5.41) is 6.88. The molecular weight excluding hydrogens is 352 g/mol. The summed E-state index contributed by atoms with van der Waals surface area (Å²) < 4.78 is 26.9. The second kappa shape index (κ2) is 7.11. The summed E-state index contributed by atoms with van der Waals surface area (Å²) in [4.78, 5) is 12.5. The van der Waals surface area contributed by atoms with E-state index in [9.17, 15) is 13.2 Å². The second-order valence-corrected chi connectivity index (χ2v) is 7.92. The third-order valence-electron chi connectivity index (χ3n) is 3.79. The van der Waals surface area contributed by atoms with E-state index in [1.54, 1.807) is 47.3 Å². The molecule has 0 fully saturated rings. The number of amides is 1. The van der Waals surface area contributed by atoms with Crippen LogP contribution in [-0.4, -0.2) is 42.5 Å². The lowest BCUT2D eigenvalue weighted by atomic mass is 10.2. The van der Waals surface area contributed by atoms with Crippen molar-refractivity contribution in [3.8, 4) is 5.69 Å². The zero-order valence-electron chi connectivity index (χ0n) is 14.3. The van der Waals surface area contributed by atoms with E-state index in [1.165, 1.54) is 26.2 Å². The molecule has 1 aromatic heterocycles. The van der Waals surface area contributed by atoms with Crippen LogP contribution < -0.4 is 5.32 Å². The van der Waals surface area contributed by atoms with Gasteiger partial charge in [0.05, 0.1) is 10.6 Å². The van der Waals surface area contributed by atoms with E-state index in [4.69, 9.17) is 0 Å². The number of nitrogens with one attached hydrogen (secondary N) is 1. The van der Waals surface area contributed by atoms with Crippen molar-refractivity contribution in [1.82, 2.24) is 14.1 Å². The Balaban J connectivity index is 1.72. The zero-order valence-corrected chi connectivity index (χ0v) is 15.1. The van der Waals surface area contributed by atoms with Crippen molar-refractivity contribution in [3.63, 3.8) is 0 Å². The van der Waals surface area contributed by atoms with Crippen LogP contribution in [0, 0.1) is 0 Å². The van der Waals surface area contributed by atoms with Gasteiger partial charge >= 0.3 is 0 Å². The highest BCUT2D eigenvalue weighted by molar-refractivity contribution is 7.89. The maximum absolute atomic E-state index is 12.3. The molecule has 26 heavy (non-hydrogen) atoms. The number of carbonyl (C=O) groups is 1. The smallest absolute Gasteiger partial charge is 0.255 e. The summed E-state index contributed by atoms with van der Waals surface area (Å²) in [6, 6.07) is 14.9. The Morgan fingerprint density at radius 3 is 2.23 bits per heavy atom. The summed E-state index contributed by atoms with van der Waals surface area (Å²) in [5.74, 6) is -0.278. The number of carbonyl (C=O) groups excluding carboxylic acids is 1. The van der Waals surface area contributed by atoms with Crippen LogP contribution in [0.3, 0.4) is 0 Å². The van der Waals surface area contributed by atoms with Crippen LogP contribution >= 0.6 is 0 Å². The molecule has 8 heteroatoms. The number of anilines is 1.